The van der Waals surface area contributed by atoms with Gasteiger partial charge in [0.1, 0.15) is 0 Å². The number of benzene rings is 1. The third-order valence-corrected chi connectivity index (χ3v) is 8.20. The van der Waals surface area contributed by atoms with Gasteiger partial charge in [-0.25, -0.2) is 13.2 Å². The highest BCUT2D eigenvalue weighted by molar-refractivity contribution is 7.91. The Kier molecular flexibility index (Phi) is 6.38. The third-order valence-electron chi connectivity index (χ3n) is 6.45. The van der Waals surface area contributed by atoms with Crippen LogP contribution >= 0.6 is 0 Å². The molecule has 3 amide bonds. The lowest BCUT2D eigenvalue weighted by Gasteiger charge is -2.33. The van der Waals surface area contributed by atoms with Crippen LogP contribution in [0.4, 0.5) is 0 Å². The summed E-state index contributed by atoms with van der Waals surface area (Å²) in [5.74, 6) is -2.19. The highest BCUT2D eigenvalue weighted by atomic mass is 32.2. The SMILES string of the molecule is C=CCN1C(=O)c2ccc(C(=O)OCC(=O)N(C3CCCC3)C3CCS(=O)(=O)C3)cc2C1=O. The summed E-state index contributed by atoms with van der Waals surface area (Å²) < 4.78 is 29.1. The number of amides is 3. The summed E-state index contributed by atoms with van der Waals surface area (Å²) in [6.07, 6.45) is 5.38. The molecule has 1 unspecified atom stereocenters. The molecule has 3 aliphatic rings. The lowest BCUT2D eigenvalue weighted by molar-refractivity contribution is -0.139. The van der Waals surface area contributed by atoms with E-state index in [4.69, 9.17) is 4.74 Å². The number of nitrogens with zero attached hydrogens (tertiary/aromatic N) is 2. The molecule has 1 aromatic rings. The van der Waals surface area contributed by atoms with Crippen molar-refractivity contribution in [1.82, 2.24) is 9.80 Å². The average Bonchev–Trinajstić information content (AvgIpc) is 3.49. The van der Waals surface area contributed by atoms with Crippen molar-refractivity contribution in [2.75, 3.05) is 24.7 Å². The molecule has 176 valence electrons. The molecule has 33 heavy (non-hydrogen) atoms. The molecule has 4 rings (SSSR count). The summed E-state index contributed by atoms with van der Waals surface area (Å²) in [7, 11) is -3.17. The van der Waals surface area contributed by atoms with Gasteiger partial charge in [0.05, 0.1) is 28.2 Å². The van der Waals surface area contributed by atoms with Gasteiger partial charge in [-0.3, -0.25) is 19.3 Å². The molecular formula is C23H26N2O7S. The molecule has 0 spiro atoms. The summed E-state index contributed by atoms with van der Waals surface area (Å²) >= 11 is 0. The summed E-state index contributed by atoms with van der Waals surface area (Å²) in [6, 6.07) is 3.62. The van der Waals surface area contributed by atoms with E-state index in [0.717, 1.165) is 30.6 Å². The molecule has 2 aliphatic heterocycles. The molecule has 9 nitrogen and oxygen atoms in total. The van der Waals surface area contributed by atoms with E-state index in [1.54, 1.807) is 4.90 Å². The Balaban J connectivity index is 1.45. The maximum Gasteiger partial charge on any atom is 0.338 e. The van der Waals surface area contributed by atoms with Gasteiger partial charge >= 0.3 is 5.97 Å². The first-order chi connectivity index (χ1) is 15.7. The second-order valence-electron chi connectivity index (χ2n) is 8.64. The summed E-state index contributed by atoms with van der Waals surface area (Å²) in [5.41, 5.74) is 0.356. The van der Waals surface area contributed by atoms with Crippen LogP contribution in [0.25, 0.3) is 0 Å². The Morgan fingerprint density at radius 2 is 1.79 bits per heavy atom. The fraction of sp³-hybridized carbons (Fsp3) is 0.478. The zero-order chi connectivity index (χ0) is 23.8. The molecule has 2 fully saturated rings. The van der Waals surface area contributed by atoms with Gasteiger partial charge in [-0.2, -0.15) is 0 Å². The van der Waals surface area contributed by atoms with Gasteiger partial charge in [0.2, 0.25) is 0 Å². The van der Waals surface area contributed by atoms with Gasteiger partial charge < -0.3 is 9.64 Å². The number of carbonyl (C=O) groups is 4. The van der Waals surface area contributed by atoms with E-state index < -0.39 is 46.2 Å². The number of sulfone groups is 1. The molecule has 1 saturated heterocycles. The standard InChI is InChI=1S/C23H26N2O7S/c1-2-10-24-21(27)18-8-7-15(12-19(18)22(24)28)23(29)32-13-20(26)25(16-5-3-4-6-16)17-9-11-33(30,31)14-17/h2,7-8,12,16-17H,1,3-6,9-11,13-14H2. The molecule has 0 N–H and O–H groups in total. The zero-order valence-corrected chi connectivity index (χ0v) is 19.0. The number of fused-ring (bicyclic) bond motifs is 1. The molecule has 0 radical (unpaired) electrons. The van der Waals surface area contributed by atoms with Gasteiger partial charge in [0.25, 0.3) is 17.7 Å². The minimum Gasteiger partial charge on any atom is -0.452 e. The highest BCUT2D eigenvalue weighted by Gasteiger charge is 2.39. The Morgan fingerprint density at radius 3 is 2.42 bits per heavy atom. The van der Waals surface area contributed by atoms with Crippen LogP contribution in [0.2, 0.25) is 0 Å². The highest BCUT2D eigenvalue weighted by Crippen LogP contribution is 2.29. The molecule has 1 saturated carbocycles. The van der Waals surface area contributed by atoms with E-state index in [0.29, 0.717) is 6.42 Å². The van der Waals surface area contributed by atoms with Crippen molar-refractivity contribution in [2.45, 2.75) is 44.2 Å². The molecule has 2 heterocycles. The van der Waals surface area contributed by atoms with Crippen LogP contribution in [-0.2, 0) is 19.4 Å². The second-order valence-corrected chi connectivity index (χ2v) is 10.9. The molecule has 1 aromatic carbocycles. The first-order valence-electron chi connectivity index (χ1n) is 11.0. The quantitative estimate of drug-likeness (QED) is 0.334. The van der Waals surface area contributed by atoms with Crippen molar-refractivity contribution in [3.63, 3.8) is 0 Å². The normalized spacial score (nSPS) is 21.8. The number of esters is 1. The lowest BCUT2D eigenvalue weighted by atomic mass is 10.1. The predicted molar refractivity (Wildman–Crippen MR) is 118 cm³/mol. The first kappa shape index (κ1) is 23.2. The van der Waals surface area contributed by atoms with E-state index in [1.165, 1.54) is 24.3 Å². The second kappa shape index (κ2) is 9.09. The van der Waals surface area contributed by atoms with Crippen molar-refractivity contribution < 1.29 is 32.3 Å². The Bertz CT molecular complexity index is 1120. The Labute approximate surface area is 192 Å². The molecule has 0 aromatic heterocycles. The maximum absolute atomic E-state index is 13.0. The van der Waals surface area contributed by atoms with E-state index >= 15 is 0 Å². The van der Waals surface area contributed by atoms with Gasteiger partial charge in [0.15, 0.2) is 16.4 Å². The van der Waals surface area contributed by atoms with E-state index in [1.807, 2.05) is 0 Å². The summed E-state index contributed by atoms with van der Waals surface area (Å²) in [6.45, 7) is 3.08. The number of carbonyl (C=O) groups excluding carboxylic acids is 4. The van der Waals surface area contributed by atoms with Gasteiger partial charge in [0, 0.05) is 18.6 Å². The Morgan fingerprint density at radius 1 is 1.09 bits per heavy atom. The van der Waals surface area contributed by atoms with Crippen molar-refractivity contribution in [3.8, 4) is 0 Å². The minimum absolute atomic E-state index is 0.0472. The summed E-state index contributed by atoms with van der Waals surface area (Å²) in [4.78, 5) is 53.0. The Hall–Kier alpha value is -3.01. The van der Waals surface area contributed by atoms with E-state index in [9.17, 15) is 27.6 Å². The number of hydrogen-bond donors (Lipinski definition) is 0. The van der Waals surface area contributed by atoms with Crippen molar-refractivity contribution in [1.29, 1.82) is 0 Å². The molecule has 10 heteroatoms. The number of rotatable bonds is 7. The number of imide groups is 1. The number of hydrogen-bond acceptors (Lipinski definition) is 7. The van der Waals surface area contributed by atoms with Crippen LogP contribution in [-0.4, -0.2) is 78.6 Å². The van der Waals surface area contributed by atoms with Gasteiger partial charge in [-0.1, -0.05) is 18.9 Å². The van der Waals surface area contributed by atoms with Crippen molar-refractivity contribution in [3.05, 3.63) is 47.5 Å². The average molecular weight is 475 g/mol. The fourth-order valence-electron chi connectivity index (χ4n) is 4.88. The van der Waals surface area contributed by atoms with Crippen LogP contribution in [0.5, 0.6) is 0 Å². The van der Waals surface area contributed by atoms with Crippen LogP contribution in [0.15, 0.2) is 30.9 Å². The van der Waals surface area contributed by atoms with Crippen LogP contribution in [0.3, 0.4) is 0 Å². The minimum atomic E-state index is -3.17. The molecular weight excluding hydrogens is 448 g/mol. The van der Waals surface area contributed by atoms with Crippen molar-refractivity contribution >= 4 is 33.5 Å². The number of ether oxygens (including phenoxy) is 1. The van der Waals surface area contributed by atoms with E-state index in [2.05, 4.69) is 6.58 Å². The molecule has 1 aliphatic carbocycles. The zero-order valence-electron chi connectivity index (χ0n) is 18.2. The maximum atomic E-state index is 13.0. The topological polar surface area (TPSA) is 118 Å². The fourth-order valence-corrected chi connectivity index (χ4v) is 6.59. The monoisotopic (exact) mass is 474 g/mol. The van der Waals surface area contributed by atoms with Gasteiger partial charge in [-0.15, -0.1) is 6.58 Å². The molecule has 1 atom stereocenters. The van der Waals surface area contributed by atoms with Crippen LogP contribution < -0.4 is 0 Å². The van der Waals surface area contributed by atoms with Crippen LogP contribution in [0.1, 0.15) is 63.2 Å². The smallest absolute Gasteiger partial charge is 0.338 e. The largest absolute Gasteiger partial charge is 0.452 e. The van der Waals surface area contributed by atoms with E-state index in [-0.39, 0.29) is 40.8 Å². The van der Waals surface area contributed by atoms with Gasteiger partial charge in [-0.05, 0) is 37.5 Å². The van der Waals surface area contributed by atoms with Crippen molar-refractivity contribution in [2.24, 2.45) is 0 Å². The lowest BCUT2D eigenvalue weighted by Crippen LogP contribution is -2.48. The molecule has 0 bridgehead atoms. The third kappa shape index (κ3) is 4.57. The first-order valence-corrected chi connectivity index (χ1v) is 12.8. The summed E-state index contributed by atoms with van der Waals surface area (Å²) in [5, 5.41) is 0. The predicted octanol–water partition coefficient (Wildman–Crippen LogP) is 1.58. The van der Waals surface area contributed by atoms with Crippen LogP contribution in [0, 0.1) is 0 Å².